The number of hydrogen-bond acceptors (Lipinski definition) is 22. The molecule has 22 nitrogen and oxygen atoms in total. The van der Waals surface area contributed by atoms with Gasteiger partial charge in [0.15, 0.2) is 34.0 Å². The zero-order valence-electron chi connectivity index (χ0n) is 31.1. The molecule has 324 valence electrons. The molecular formula is C39H36O22. The molecule has 2 fully saturated rings. The average molecular weight is 857 g/mol. The number of ether oxygens (including phenoxy) is 3. The largest absolute Gasteiger partial charge is 0.507 e. The molecule has 61 heavy (non-hydrogen) atoms. The minimum absolute atomic E-state index is 0.418. The Labute approximate surface area is 337 Å². The van der Waals surface area contributed by atoms with E-state index in [1.807, 2.05) is 0 Å². The van der Waals surface area contributed by atoms with Gasteiger partial charge in [0, 0.05) is 11.6 Å². The van der Waals surface area contributed by atoms with E-state index in [2.05, 4.69) is 0 Å². The summed E-state index contributed by atoms with van der Waals surface area (Å²) in [7, 11) is 1.10. The fraction of sp³-hybridized carbons (Fsp3) is 0.333. The van der Waals surface area contributed by atoms with Crippen molar-refractivity contribution in [1.82, 2.24) is 0 Å². The Balaban J connectivity index is 1.60. The maximum Gasteiger partial charge on any atom is 0.205 e. The van der Waals surface area contributed by atoms with Gasteiger partial charge in [-0.2, -0.15) is 0 Å². The average Bonchev–Trinajstić information content (AvgIpc) is 3.23. The van der Waals surface area contributed by atoms with Crippen LogP contribution in [0.25, 0.3) is 55.0 Å². The van der Waals surface area contributed by atoms with E-state index in [1.54, 1.807) is 0 Å². The lowest BCUT2D eigenvalue weighted by molar-refractivity contribution is -0.232. The summed E-state index contributed by atoms with van der Waals surface area (Å²) in [5, 5.41) is 161. The highest BCUT2D eigenvalue weighted by molar-refractivity contribution is 6.11. The standard InChI is InChI=1S/C39H36O22/c1-57-15-4-11-22(44)9-2-10(36-33(55)30(52)26(48)16(6-40)59-36)24(46)18(35(9)61-37(11)32(54)25(15)47)19-28(50)21(39-34(56)31(53)27(49)17(7-41)60-39)29(51)20-23(45)8-3-12(42)13(43)5-14(8)58-38(19)20/h2-5,16-17,26-27,30-31,33-34,36,39-43,46-56H,6-7H2,1H3/t16-,17+,26-,27+,30-,31+,33-,34+,36+,39-/m0/s1. The number of aliphatic hydroxyl groups excluding tert-OH is 8. The van der Waals surface area contributed by atoms with Gasteiger partial charge < -0.3 is 99.6 Å². The van der Waals surface area contributed by atoms with Gasteiger partial charge in [0.25, 0.3) is 0 Å². The number of rotatable bonds is 6. The summed E-state index contributed by atoms with van der Waals surface area (Å²) in [5.74, 6) is -7.78. The molecule has 0 saturated carbocycles. The van der Waals surface area contributed by atoms with Gasteiger partial charge in [-0.15, -0.1) is 0 Å². The Morgan fingerprint density at radius 3 is 1.70 bits per heavy atom. The van der Waals surface area contributed by atoms with E-state index in [1.165, 1.54) is 0 Å². The third kappa shape index (κ3) is 5.95. The molecular weight excluding hydrogens is 820 g/mol. The summed E-state index contributed by atoms with van der Waals surface area (Å²) in [6, 6.07) is 3.36. The smallest absolute Gasteiger partial charge is 0.205 e. The van der Waals surface area contributed by atoms with Gasteiger partial charge in [-0.05, 0) is 18.2 Å². The first-order chi connectivity index (χ1) is 28.9. The monoisotopic (exact) mass is 856 g/mol. The molecule has 22 heteroatoms. The Kier molecular flexibility index (Phi) is 10.1. The number of aliphatic hydroxyl groups is 8. The summed E-state index contributed by atoms with van der Waals surface area (Å²) < 4.78 is 28.4. The van der Waals surface area contributed by atoms with Crippen molar-refractivity contribution in [2.75, 3.05) is 20.3 Å². The van der Waals surface area contributed by atoms with Crippen LogP contribution in [0.3, 0.4) is 0 Å². The van der Waals surface area contributed by atoms with Crippen molar-refractivity contribution in [3.05, 3.63) is 55.8 Å². The van der Waals surface area contributed by atoms with Crippen molar-refractivity contribution in [2.45, 2.75) is 61.0 Å². The Morgan fingerprint density at radius 1 is 0.541 bits per heavy atom. The van der Waals surface area contributed by atoms with E-state index in [9.17, 15) is 86.2 Å². The fourth-order valence-electron chi connectivity index (χ4n) is 7.99. The molecule has 2 aliphatic rings. The number of benzene rings is 4. The van der Waals surface area contributed by atoms with Crippen LogP contribution < -0.4 is 15.6 Å². The van der Waals surface area contributed by atoms with Crippen LogP contribution in [0, 0.1) is 0 Å². The normalized spacial score (nSPS) is 27.0. The minimum atomic E-state index is -2.27. The van der Waals surface area contributed by atoms with E-state index < -0.39 is 197 Å². The summed E-state index contributed by atoms with van der Waals surface area (Å²) in [6.45, 7) is -1.96. The van der Waals surface area contributed by atoms with Gasteiger partial charge in [-0.3, -0.25) is 9.59 Å². The highest BCUT2D eigenvalue weighted by atomic mass is 16.6. The lowest BCUT2D eigenvalue weighted by Gasteiger charge is -2.41. The molecule has 0 radical (unpaired) electrons. The second-order valence-corrected chi connectivity index (χ2v) is 14.6. The summed E-state index contributed by atoms with van der Waals surface area (Å²) in [5.41, 5.74) is -8.82. The second kappa shape index (κ2) is 14.8. The van der Waals surface area contributed by atoms with Crippen molar-refractivity contribution in [1.29, 1.82) is 0 Å². The Morgan fingerprint density at radius 2 is 1.10 bits per heavy atom. The molecule has 0 aliphatic carbocycles. The van der Waals surface area contributed by atoms with Crippen LogP contribution in [-0.4, -0.2) is 146 Å². The predicted octanol–water partition coefficient (Wildman–Crippen LogP) is -1.15. The maximum atomic E-state index is 14.5. The zero-order chi connectivity index (χ0) is 44.3. The van der Waals surface area contributed by atoms with Crippen molar-refractivity contribution < 1.29 is 99.6 Å². The first-order valence-electron chi connectivity index (χ1n) is 18.1. The number of fused-ring (bicyclic) bond motifs is 4. The van der Waals surface area contributed by atoms with Gasteiger partial charge >= 0.3 is 0 Å². The fourth-order valence-corrected chi connectivity index (χ4v) is 7.99. The third-order valence-corrected chi connectivity index (χ3v) is 11.2. The quantitative estimate of drug-likeness (QED) is 0.0694. The molecule has 10 atom stereocenters. The van der Waals surface area contributed by atoms with E-state index in [0.29, 0.717) is 0 Å². The molecule has 2 saturated heterocycles. The summed E-state index contributed by atoms with van der Waals surface area (Å²) >= 11 is 0. The van der Waals surface area contributed by atoms with Crippen molar-refractivity contribution >= 4 is 43.9 Å². The van der Waals surface area contributed by atoms with Crippen LogP contribution in [-0.2, 0) is 9.47 Å². The maximum absolute atomic E-state index is 14.5. The molecule has 4 heterocycles. The van der Waals surface area contributed by atoms with E-state index in [0.717, 1.165) is 31.4 Å². The lowest BCUT2D eigenvalue weighted by atomic mass is 9.85. The molecule has 0 bridgehead atoms. The molecule has 6 aromatic rings. The third-order valence-electron chi connectivity index (χ3n) is 11.2. The summed E-state index contributed by atoms with van der Waals surface area (Å²) in [4.78, 5) is 28.9. The van der Waals surface area contributed by atoms with Crippen molar-refractivity contribution in [3.8, 4) is 57.1 Å². The first kappa shape index (κ1) is 41.5. The highest BCUT2D eigenvalue weighted by Gasteiger charge is 2.48. The van der Waals surface area contributed by atoms with Crippen LogP contribution in [0.15, 0.2) is 42.7 Å². The molecule has 0 unspecified atom stereocenters. The summed E-state index contributed by atoms with van der Waals surface area (Å²) in [6.07, 6.45) is -19.9. The molecule has 2 aliphatic heterocycles. The number of aromatic hydroxyl groups is 7. The van der Waals surface area contributed by atoms with Crippen LogP contribution >= 0.6 is 0 Å². The number of methoxy groups -OCH3 is 1. The number of hydrogen-bond donors (Lipinski definition) is 15. The van der Waals surface area contributed by atoms with Gasteiger partial charge in [0.2, 0.25) is 22.4 Å². The molecule has 2 aromatic heterocycles. The van der Waals surface area contributed by atoms with E-state index in [-0.39, 0.29) is 0 Å². The van der Waals surface area contributed by atoms with Gasteiger partial charge in [0.1, 0.15) is 89.3 Å². The molecule has 8 rings (SSSR count). The van der Waals surface area contributed by atoms with Gasteiger partial charge in [-0.1, -0.05) is 0 Å². The number of phenols is 7. The lowest BCUT2D eigenvalue weighted by Crippen LogP contribution is -2.55. The Bertz CT molecular complexity index is 2900. The van der Waals surface area contributed by atoms with Crippen molar-refractivity contribution in [2.24, 2.45) is 0 Å². The van der Waals surface area contributed by atoms with Gasteiger partial charge in [-0.25, -0.2) is 0 Å². The van der Waals surface area contributed by atoms with Crippen molar-refractivity contribution in [3.63, 3.8) is 0 Å². The number of phenolic OH excluding ortho intramolecular Hbond substituents is 7. The molecule has 15 N–H and O–H groups in total. The van der Waals surface area contributed by atoms with Crippen LogP contribution in [0.1, 0.15) is 23.3 Å². The zero-order valence-corrected chi connectivity index (χ0v) is 31.1. The highest BCUT2D eigenvalue weighted by Crippen LogP contribution is 2.55. The second-order valence-electron chi connectivity index (χ2n) is 14.6. The Hall–Kier alpha value is -6.18. The molecule has 0 amide bonds. The van der Waals surface area contributed by atoms with E-state index >= 15 is 0 Å². The van der Waals surface area contributed by atoms with Gasteiger partial charge in [0.05, 0.1) is 53.2 Å². The van der Waals surface area contributed by atoms with Crippen LogP contribution in [0.4, 0.5) is 0 Å². The van der Waals surface area contributed by atoms with E-state index in [4.69, 9.17) is 23.0 Å². The topological polar surface area (TPSA) is 392 Å². The molecule has 0 spiro atoms. The predicted molar refractivity (Wildman–Crippen MR) is 203 cm³/mol. The minimum Gasteiger partial charge on any atom is -0.507 e. The van der Waals surface area contributed by atoms with Crippen LogP contribution in [0.5, 0.6) is 46.0 Å². The molecule has 4 aromatic carbocycles. The van der Waals surface area contributed by atoms with Crippen LogP contribution in [0.2, 0.25) is 0 Å². The first-order valence-corrected chi connectivity index (χ1v) is 18.1. The SMILES string of the molecule is COc1cc2c(=O)c3cc([C@H]4O[C@@H](CO)[C@H](O)[C@H](O)[C@@H]4O)c(O)c(-c4c(O)c([C@@H]5O[C@H](CO)[C@@H](O)[C@@H](O)[C@H]5O)c(O)c5c(=O)c6cc(O)c(O)cc6oc45)c3oc2c(O)c1O.